The fourth-order valence-corrected chi connectivity index (χ4v) is 7.14. The monoisotopic (exact) mass is 552 g/mol. The molecular weight excluding hydrogens is 520 g/mol. The molecule has 214 valence electrons. The normalized spacial score (nSPS) is 44.1. The Morgan fingerprint density at radius 3 is 1.47 bits per heavy atom. The van der Waals surface area contributed by atoms with Crippen LogP contribution in [-0.2, 0) is 38.0 Å². The second-order valence-corrected chi connectivity index (χ2v) is 11.6. The van der Waals surface area contributed by atoms with Crippen LogP contribution in [0.15, 0.2) is 0 Å². The van der Waals surface area contributed by atoms with E-state index in [4.69, 9.17) is 9.47 Å². The summed E-state index contributed by atoms with van der Waals surface area (Å²) in [4.78, 5) is 25.1. The van der Waals surface area contributed by atoms with Gasteiger partial charge in [-0.2, -0.15) is 0 Å². The van der Waals surface area contributed by atoms with Gasteiger partial charge in [0.2, 0.25) is 11.8 Å². The molecule has 2 aliphatic heterocycles. The van der Waals surface area contributed by atoms with E-state index in [1.54, 1.807) is 0 Å². The maximum atomic E-state index is 13.3. The number of fused-ring (bicyclic) bond motifs is 3. The Labute approximate surface area is 216 Å². The van der Waals surface area contributed by atoms with E-state index < -0.39 is 48.1 Å². The molecule has 5 aliphatic carbocycles. The largest absolute Gasteiger partial charge is 0.486 e. The van der Waals surface area contributed by atoms with Crippen LogP contribution in [0.3, 0.4) is 0 Å². The van der Waals surface area contributed by atoms with E-state index in [1.165, 1.54) is 0 Å². The molecule has 2 N–H and O–H groups in total. The number of carbonyl (C=O) groups excluding carboxylic acids is 2. The van der Waals surface area contributed by atoms with E-state index in [0.717, 1.165) is 0 Å². The van der Waals surface area contributed by atoms with Crippen molar-refractivity contribution in [3.05, 3.63) is 0 Å². The molecule has 2 heterocycles. The summed E-state index contributed by atoms with van der Waals surface area (Å²) in [6, 6.07) is 0. The number of halogens is 4. The van der Waals surface area contributed by atoms with Crippen molar-refractivity contribution in [3.63, 3.8) is 0 Å². The summed E-state index contributed by atoms with van der Waals surface area (Å²) in [5, 5.41) is 6.04. The van der Waals surface area contributed by atoms with Crippen LogP contribution in [-0.4, -0.2) is 85.3 Å². The lowest BCUT2D eigenvalue weighted by Crippen LogP contribution is -2.65. The number of ether oxygens (including phenoxy) is 6. The maximum Gasteiger partial charge on any atom is 0.486 e. The summed E-state index contributed by atoms with van der Waals surface area (Å²) in [7, 11) is 0. The van der Waals surface area contributed by atoms with Gasteiger partial charge in [-0.15, -0.1) is 17.6 Å². The van der Waals surface area contributed by atoms with Gasteiger partial charge >= 0.3 is 12.6 Å². The van der Waals surface area contributed by atoms with E-state index in [9.17, 15) is 27.2 Å². The number of rotatable bonds is 8. The third kappa shape index (κ3) is 5.52. The minimum atomic E-state index is -3.57. The van der Waals surface area contributed by atoms with E-state index in [0.29, 0.717) is 51.4 Å². The third-order valence-electron chi connectivity index (χ3n) is 8.67. The Kier molecular flexibility index (Phi) is 6.67. The van der Waals surface area contributed by atoms with Crippen LogP contribution in [0.25, 0.3) is 0 Å². The molecule has 10 nitrogen and oxygen atoms in total. The van der Waals surface area contributed by atoms with Gasteiger partial charge in [-0.25, -0.2) is 0 Å². The van der Waals surface area contributed by atoms with E-state index in [1.807, 2.05) is 0 Å². The van der Waals surface area contributed by atoms with Crippen molar-refractivity contribution in [1.29, 1.82) is 0 Å². The molecule has 6 unspecified atom stereocenters. The van der Waals surface area contributed by atoms with Gasteiger partial charge in [-0.05, 0) is 51.4 Å². The first-order valence-corrected chi connectivity index (χ1v) is 13.2. The van der Waals surface area contributed by atoms with Gasteiger partial charge in [-0.1, -0.05) is 0 Å². The Balaban J connectivity index is 0.888. The molecule has 0 aromatic carbocycles. The summed E-state index contributed by atoms with van der Waals surface area (Å²) < 4.78 is 82.7. The summed E-state index contributed by atoms with van der Waals surface area (Å²) in [6.07, 6.45) is -5.79. The van der Waals surface area contributed by atoms with Gasteiger partial charge < -0.3 is 20.1 Å². The van der Waals surface area contributed by atoms with Gasteiger partial charge in [0.15, 0.2) is 0 Å². The molecule has 2 amide bonds. The van der Waals surface area contributed by atoms with Crippen molar-refractivity contribution in [2.24, 2.45) is 0 Å². The smallest absolute Gasteiger partial charge is 0.368 e. The lowest BCUT2D eigenvalue weighted by Gasteiger charge is -2.48. The highest BCUT2D eigenvalue weighted by Crippen LogP contribution is 2.55. The first kappa shape index (κ1) is 26.6. The fourth-order valence-electron chi connectivity index (χ4n) is 7.14. The van der Waals surface area contributed by atoms with Crippen molar-refractivity contribution in [1.82, 2.24) is 10.6 Å². The molecule has 6 atom stereocenters. The number of amides is 2. The Bertz CT molecular complexity index is 876. The molecule has 2 saturated heterocycles. The Morgan fingerprint density at radius 2 is 1.05 bits per heavy atom. The highest BCUT2D eigenvalue weighted by atomic mass is 19.3. The Morgan fingerprint density at radius 1 is 0.658 bits per heavy atom. The molecule has 0 aromatic heterocycles. The number of nitrogens with one attached hydrogen (secondary N) is 2. The average molecular weight is 553 g/mol. The molecular formula is C24H32F4N2O8. The van der Waals surface area contributed by atoms with Crippen LogP contribution >= 0.6 is 0 Å². The van der Waals surface area contributed by atoms with Crippen molar-refractivity contribution in [3.8, 4) is 0 Å². The number of alkyl halides is 4. The lowest BCUT2D eigenvalue weighted by molar-refractivity contribution is -0.352. The maximum absolute atomic E-state index is 13.3. The fraction of sp³-hybridized carbons (Fsp3) is 0.917. The highest BCUT2D eigenvalue weighted by Gasteiger charge is 2.62. The molecule has 14 heteroatoms. The van der Waals surface area contributed by atoms with E-state index in [-0.39, 0.29) is 50.1 Å². The molecule has 7 rings (SSSR count). The van der Waals surface area contributed by atoms with Crippen molar-refractivity contribution >= 4 is 11.8 Å². The van der Waals surface area contributed by atoms with Crippen LogP contribution in [0, 0.1) is 0 Å². The van der Waals surface area contributed by atoms with Gasteiger partial charge in [0.1, 0.15) is 13.2 Å². The predicted molar refractivity (Wildman–Crippen MR) is 117 cm³/mol. The summed E-state index contributed by atoms with van der Waals surface area (Å²) >= 11 is 0. The van der Waals surface area contributed by atoms with E-state index >= 15 is 0 Å². The van der Waals surface area contributed by atoms with Crippen LogP contribution in [0.1, 0.15) is 64.2 Å². The molecule has 5 saturated carbocycles. The first-order chi connectivity index (χ1) is 17.9. The standard InChI is InChI=1S/C24H32F4N2O8/c25-23(26)35-15-3-1-13(7-17(15)37-23)33-9-19(31)29-21-5-6-22(11-21,12-21)30-20(32)10-34-14-2-4-16-18(8-14)38-24(27,28)36-16/h13-18H,1-12H2,(H,29,31)(H,30,32). The van der Waals surface area contributed by atoms with Crippen molar-refractivity contribution in [2.45, 2.75) is 124 Å². The summed E-state index contributed by atoms with van der Waals surface area (Å²) in [5.74, 6) is -0.573. The molecule has 7 fully saturated rings. The Hall–Kier alpha value is -1.58. The topological polar surface area (TPSA) is 114 Å². The summed E-state index contributed by atoms with van der Waals surface area (Å²) in [5.41, 5.74) is -0.805. The lowest BCUT2D eigenvalue weighted by atomic mass is 9.71. The zero-order valence-corrected chi connectivity index (χ0v) is 20.7. The van der Waals surface area contributed by atoms with Crippen molar-refractivity contribution < 1.29 is 55.6 Å². The quantitative estimate of drug-likeness (QED) is 0.441. The zero-order chi connectivity index (χ0) is 26.8. The molecule has 38 heavy (non-hydrogen) atoms. The van der Waals surface area contributed by atoms with Gasteiger partial charge in [0.25, 0.3) is 0 Å². The second-order valence-electron chi connectivity index (χ2n) is 11.6. The summed E-state index contributed by atoms with van der Waals surface area (Å²) in [6.45, 7) is -0.365. The average Bonchev–Trinajstić information content (AvgIpc) is 3.51. The molecule has 0 aromatic rings. The number of hydrogen-bond acceptors (Lipinski definition) is 8. The minimum Gasteiger partial charge on any atom is -0.368 e. The molecule has 0 spiro atoms. The number of carbonyl (C=O) groups is 2. The molecule has 0 radical (unpaired) electrons. The van der Waals surface area contributed by atoms with Crippen LogP contribution < -0.4 is 10.6 Å². The third-order valence-corrected chi connectivity index (χ3v) is 8.67. The van der Waals surface area contributed by atoms with Gasteiger partial charge in [0.05, 0.1) is 36.6 Å². The molecule has 2 bridgehead atoms. The number of hydrogen-bond donors (Lipinski definition) is 2. The minimum absolute atomic E-state index is 0.182. The second kappa shape index (κ2) is 9.51. The predicted octanol–water partition coefficient (Wildman–Crippen LogP) is 2.09. The van der Waals surface area contributed by atoms with Crippen LogP contribution in [0.5, 0.6) is 0 Å². The molecule has 7 aliphatic rings. The van der Waals surface area contributed by atoms with E-state index in [2.05, 4.69) is 29.6 Å². The first-order valence-electron chi connectivity index (χ1n) is 13.2. The van der Waals surface area contributed by atoms with Gasteiger partial charge in [-0.3, -0.25) is 28.5 Å². The van der Waals surface area contributed by atoms with Crippen LogP contribution in [0.4, 0.5) is 17.6 Å². The SMILES string of the molecule is O=C(COC1CCC2OC(F)(F)OC2C1)NC12CCC(NC(=O)COC3CCC4OC(F)(F)OC4C3)(C1)C2. The highest BCUT2D eigenvalue weighted by molar-refractivity contribution is 5.80. The van der Waals surface area contributed by atoms with Crippen molar-refractivity contribution in [2.75, 3.05) is 13.2 Å². The van der Waals surface area contributed by atoms with Gasteiger partial charge in [0, 0.05) is 23.9 Å². The van der Waals surface area contributed by atoms with Crippen LogP contribution in [0.2, 0.25) is 0 Å². The zero-order valence-electron chi connectivity index (χ0n) is 20.7.